The molecule has 0 amide bonds. The van der Waals surface area contributed by atoms with Crippen LogP contribution in [-0.4, -0.2) is 14.9 Å². The van der Waals surface area contributed by atoms with Gasteiger partial charge >= 0.3 is 5.00 Å². The number of fused-ring (bicyclic) bond motifs is 1. The maximum Gasteiger partial charge on any atom is 0.347 e. The Balaban J connectivity index is 1.89. The van der Waals surface area contributed by atoms with E-state index in [9.17, 15) is 10.1 Å². The Kier molecular flexibility index (Phi) is 2.81. The number of hydrogen-bond donors (Lipinski definition) is 0. The van der Waals surface area contributed by atoms with Crippen molar-refractivity contribution in [2.75, 3.05) is 0 Å². The van der Waals surface area contributed by atoms with Crippen molar-refractivity contribution in [2.45, 2.75) is 0 Å². The molecule has 0 spiro atoms. The molecule has 2 heterocycles. The zero-order valence-electron chi connectivity index (χ0n) is 9.52. The predicted molar refractivity (Wildman–Crippen MR) is 70.6 cm³/mol. The molecule has 0 saturated heterocycles. The third-order valence-corrected chi connectivity index (χ3v) is 3.26. The van der Waals surface area contributed by atoms with Crippen molar-refractivity contribution in [3.63, 3.8) is 0 Å². The average molecular weight is 273 g/mol. The molecule has 0 radical (unpaired) electrons. The molecule has 0 bridgehead atoms. The molecule has 0 N–H and O–H groups in total. The first-order chi connectivity index (χ1) is 9.22. The largest absolute Gasteiger partial charge is 0.431 e. The van der Waals surface area contributed by atoms with Crippen LogP contribution in [0.5, 0.6) is 10.9 Å². The van der Waals surface area contributed by atoms with Crippen molar-refractivity contribution in [1.82, 2.24) is 9.97 Å². The zero-order valence-corrected chi connectivity index (χ0v) is 10.3. The van der Waals surface area contributed by atoms with E-state index in [-0.39, 0.29) is 10.2 Å². The molecule has 0 unspecified atom stereocenters. The summed E-state index contributed by atoms with van der Waals surface area (Å²) in [7, 11) is 0. The summed E-state index contributed by atoms with van der Waals surface area (Å²) in [5.41, 5.74) is 0.861. The molecule has 0 aliphatic heterocycles. The van der Waals surface area contributed by atoms with E-state index >= 15 is 0 Å². The van der Waals surface area contributed by atoms with Crippen LogP contribution in [0.4, 0.5) is 5.00 Å². The predicted octanol–water partition coefficient (Wildman–Crippen LogP) is 3.39. The molecule has 0 fully saturated rings. The number of ether oxygens (including phenoxy) is 1. The van der Waals surface area contributed by atoms with Gasteiger partial charge in [0.1, 0.15) is 11.9 Å². The molecule has 0 aliphatic carbocycles. The highest BCUT2D eigenvalue weighted by atomic mass is 32.1. The van der Waals surface area contributed by atoms with E-state index in [0.717, 1.165) is 22.2 Å². The number of thiazole rings is 1. The lowest BCUT2D eigenvalue weighted by molar-refractivity contribution is -0.380. The molecular formula is C12H7N3O3S. The highest BCUT2D eigenvalue weighted by Crippen LogP contribution is 2.31. The third-order valence-electron chi connectivity index (χ3n) is 2.43. The summed E-state index contributed by atoms with van der Waals surface area (Å²) < 4.78 is 5.49. The van der Waals surface area contributed by atoms with Gasteiger partial charge in [0.2, 0.25) is 0 Å². The maximum atomic E-state index is 10.6. The summed E-state index contributed by atoms with van der Waals surface area (Å²) in [6.45, 7) is 0. The third kappa shape index (κ3) is 2.36. The molecule has 7 heteroatoms. The van der Waals surface area contributed by atoms with E-state index in [4.69, 9.17) is 4.74 Å². The Morgan fingerprint density at radius 1 is 1.26 bits per heavy atom. The number of nitro groups is 1. The van der Waals surface area contributed by atoms with Crippen molar-refractivity contribution < 1.29 is 9.66 Å². The SMILES string of the molecule is O=[N+]([O-])c1cnc(Oc2ccc3ncccc3c2)s1. The molecule has 6 nitrogen and oxygen atoms in total. The summed E-state index contributed by atoms with van der Waals surface area (Å²) in [5.74, 6) is 0.574. The monoisotopic (exact) mass is 273 g/mol. The summed E-state index contributed by atoms with van der Waals surface area (Å²) in [6, 6.07) is 9.14. The van der Waals surface area contributed by atoms with Crippen LogP contribution >= 0.6 is 11.3 Å². The second-order valence-electron chi connectivity index (χ2n) is 3.68. The Labute approximate surface area is 111 Å². The first-order valence-electron chi connectivity index (χ1n) is 5.35. The van der Waals surface area contributed by atoms with Gasteiger partial charge in [-0.25, -0.2) is 4.98 Å². The lowest BCUT2D eigenvalue weighted by Gasteiger charge is -2.02. The van der Waals surface area contributed by atoms with Gasteiger partial charge in [-0.3, -0.25) is 15.1 Å². The number of rotatable bonds is 3. The van der Waals surface area contributed by atoms with Gasteiger partial charge in [0, 0.05) is 11.6 Å². The molecule has 0 atom stereocenters. The van der Waals surface area contributed by atoms with Crippen molar-refractivity contribution in [3.05, 3.63) is 52.8 Å². The number of nitrogens with zero attached hydrogens (tertiary/aromatic N) is 3. The first-order valence-corrected chi connectivity index (χ1v) is 6.17. The van der Waals surface area contributed by atoms with Crippen LogP contribution < -0.4 is 4.74 Å². The van der Waals surface area contributed by atoms with Crippen LogP contribution in [0, 0.1) is 10.1 Å². The lowest BCUT2D eigenvalue weighted by atomic mass is 10.2. The summed E-state index contributed by atoms with van der Waals surface area (Å²) >= 11 is 0.893. The molecule has 3 aromatic rings. The van der Waals surface area contributed by atoms with Crippen LogP contribution in [0.15, 0.2) is 42.7 Å². The lowest BCUT2D eigenvalue weighted by Crippen LogP contribution is -1.84. The highest BCUT2D eigenvalue weighted by molar-refractivity contribution is 7.16. The minimum absolute atomic E-state index is 0.0440. The van der Waals surface area contributed by atoms with Gasteiger partial charge in [-0.05, 0) is 35.6 Å². The average Bonchev–Trinajstić information content (AvgIpc) is 2.87. The standard InChI is InChI=1S/C12H7N3O3S/c16-15(17)11-7-14-12(19-11)18-9-3-4-10-8(6-9)2-1-5-13-10/h1-7H. The number of benzene rings is 1. The van der Waals surface area contributed by atoms with Gasteiger partial charge < -0.3 is 4.74 Å². The van der Waals surface area contributed by atoms with Crippen LogP contribution in [0.1, 0.15) is 0 Å². The Bertz CT molecular complexity index is 757. The fourth-order valence-corrected chi connectivity index (χ4v) is 2.20. The summed E-state index contributed by atoms with van der Waals surface area (Å²) in [6.07, 6.45) is 2.90. The Morgan fingerprint density at radius 3 is 2.95 bits per heavy atom. The van der Waals surface area contributed by atoms with Gasteiger partial charge in [-0.1, -0.05) is 6.07 Å². The molecule has 3 rings (SSSR count). The molecule has 1 aromatic carbocycles. The Hall–Kier alpha value is -2.54. The van der Waals surface area contributed by atoms with E-state index in [0.29, 0.717) is 5.75 Å². The van der Waals surface area contributed by atoms with Crippen LogP contribution in [0.2, 0.25) is 0 Å². The Morgan fingerprint density at radius 2 is 2.16 bits per heavy atom. The van der Waals surface area contributed by atoms with E-state index in [1.165, 1.54) is 6.20 Å². The highest BCUT2D eigenvalue weighted by Gasteiger charge is 2.13. The summed E-state index contributed by atoms with van der Waals surface area (Å²) in [4.78, 5) is 18.1. The fraction of sp³-hybridized carbons (Fsp3) is 0. The molecule has 94 valence electrons. The smallest absolute Gasteiger partial charge is 0.347 e. The molecule has 2 aromatic heterocycles. The minimum atomic E-state index is -0.491. The molecule has 19 heavy (non-hydrogen) atoms. The van der Waals surface area contributed by atoms with Crippen molar-refractivity contribution in [3.8, 4) is 10.9 Å². The van der Waals surface area contributed by atoms with E-state index in [2.05, 4.69) is 9.97 Å². The van der Waals surface area contributed by atoms with E-state index in [1.807, 2.05) is 24.3 Å². The zero-order chi connectivity index (χ0) is 13.2. The number of pyridine rings is 1. The van der Waals surface area contributed by atoms with Gasteiger partial charge in [0.15, 0.2) is 0 Å². The molecule has 0 aliphatic rings. The normalized spacial score (nSPS) is 10.5. The second-order valence-corrected chi connectivity index (χ2v) is 4.65. The van der Waals surface area contributed by atoms with Crippen LogP contribution in [0.3, 0.4) is 0 Å². The summed E-state index contributed by atoms with van der Waals surface area (Å²) in [5, 5.41) is 11.7. The fourth-order valence-electron chi connectivity index (χ4n) is 1.60. The van der Waals surface area contributed by atoms with Crippen LogP contribution in [0.25, 0.3) is 10.9 Å². The van der Waals surface area contributed by atoms with Crippen molar-refractivity contribution in [2.24, 2.45) is 0 Å². The number of hydrogen-bond acceptors (Lipinski definition) is 6. The van der Waals surface area contributed by atoms with E-state index < -0.39 is 4.92 Å². The van der Waals surface area contributed by atoms with Crippen molar-refractivity contribution >= 4 is 27.2 Å². The van der Waals surface area contributed by atoms with Gasteiger partial charge in [-0.15, -0.1) is 0 Å². The number of aromatic nitrogens is 2. The van der Waals surface area contributed by atoms with Crippen LogP contribution in [-0.2, 0) is 0 Å². The van der Waals surface area contributed by atoms with Gasteiger partial charge in [0.05, 0.1) is 10.4 Å². The first kappa shape index (κ1) is 11.5. The van der Waals surface area contributed by atoms with Crippen molar-refractivity contribution in [1.29, 1.82) is 0 Å². The van der Waals surface area contributed by atoms with Gasteiger partial charge in [0.25, 0.3) is 5.19 Å². The molecular weight excluding hydrogens is 266 g/mol. The minimum Gasteiger partial charge on any atom is -0.431 e. The molecule has 0 saturated carbocycles. The topological polar surface area (TPSA) is 78.2 Å². The van der Waals surface area contributed by atoms with E-state index in [1.54, 1.807) is 12.3 Å². The quantitative estimate of drug-likeness (QED) is 0.540. The second kappa shape index (κ2) is 4.62. The maximum absolute atomic E-state index is 10.6. The van der Waals surface area contributed by atoms with Gasteiger partial charge in [-0.2, -0.15) is 0 Å².